The summed E-state index contributed by atoms with van der Waals surface area (Å²) in [7, 11) is 1.71. The minimum absolute atomic E-state index is 0.142. The predicted octanol–water partition coefficient (Wildman–Crippen LogP) is 3.59. The summed E-state index contributed by atoms with van der Waals surface area (Å²) in [6.07, 6.45) is 0. The molecule has 1 heterocycles. The van der Waals surface area contributed by atoms with Crippen molar-refractivity contribution < 1.29 is 9.59 Å². The largest absolute Gasteiger partial charge is 0.334 e. The molecule has 2 aromatic rings. The van der Waals surface area contributed by atoms with Crippen molar-refractivity contribution >= 4 is 39.9 Å². The summed E-state index contributed by atoms with van der Waals surface area (Å²) in [4.78, 5) is 29.2. The summed E-state index contributed by atoms with van der Waals surface area (Å²) in [5.41, 5.74) is 1.26. The number of anilines is 1. The zero-order valence-electron chi connectivity index (χ0n) is 12.5. The summed E-state index contributed by atoms with van der Waals surface area (Å²) < 4.78 is 0. The minimum atomic E-state index is -0.214. The third-order valence-electron chi connectivity index (χ3n) is 3.24. The minimum Gasteiger partial charge on any atom is -0.334 e. The molecule has 1 aromatic carbocycles. The van der Waals surface area contributed by atoms with E-state index in [0.29, 0.717) is 15.8 Å². The lowest BCUT2D eigenvalue weighted by Gasteiger charge is -2.24. The van der Waals surface area contributed by atoms with E-state index in [0.717, 1.165) is 5.56 Å². The molecule has 0 fully saturated rings. The van der Waals surface area contributed by atoms with E-state index in [1.165, 1.54) is 18.3 Å². The van der Waals surface area contributed by atoms with Crippen LogP contribution in [-0.4, -0.2) is 28.7 Å². The van der Waals surface area contributed by atoms with Gasteiger partial charge < -0.3 is 10.2 Å². The second-order valence-electron chi connectivity index (χ2n) is 4.87. The number of nitrogens with zero attached hydrogens (tertiary/aromatic N) is 2. The summed E-state index contributed by atoms with van der Waals surface area (Å²) in [5.74, 6) is -0.422. The number of hydrogen-bond donors (Lipinski definition) is 1. The molecule has 0 aliphatic rings. The van der Waals surface area contributed by atoms with Crippen LogP contribution in [0.15, 0.2) is 29.6 Å². The molecule has 0 saturated carbocycles. The first-order valence-corrected chi connectivity index (χ1v) is 7.90. The number of carbonyl (C=O) groups excluding carboxylic acids is 2. The van der Waals surface area contributed by atoms with Crippen LogP contribution in [0.4, 0.5) is 5.13 Å². The summed E-state index contributed by atoms with van der Waals surface area (Å²) >= 11 is 7.21. The molecule has 1 aromatic heterocycles. The molecule has 2 rings (SSSR count). The Morgan fingerprint density at radius 3 is 2.77 bits per heavy atom. The molecule has 7 heteroatoms. The Kier molecular flexibility index (Phi) is 5.15. The normalized spacial score (nSPS) is 11.8. The highest BCUT2D eigenvalue weighted by Gasteiger charge is 2.21. The molecule has 1 atom stereocenters. The van der Waals surface area contributed by atoms with Gasteiger partial charge in [-0.05, 0) is 24.6 Å². The molecule has 0 saturated heterocycles. The number of hydrogen-bond acceptors (Lipinski definition) is 4. The highest BCUT2D eigenvalue weighted by molar-refractivity contribution is 7.14. The topological polar surface area (TPSA) is 62.3 Å². The monoisotopic (exact) mass is 337 g/mol. The van der Waals surface area contributed by atoms with E-state index >= 15 is 0 Å². The van der Waals surface area contributed by atoms with Crippen LogP contribution >= 0.6 is 22.9 Å². The second-order valence-corrected chi connectivity index (χ2v) is 6.16. The Balaban J connectivity index is 2.14. The first kappa shape index (κ1) is 16.5. The van der Waals surface area contributed by atoms with Crippen molar-refractivity contribution in [3.8, 4) is 0 Å². The Hall–Kier alpha value is -1.92. The van der Waals surface area contributed by atoms with Gasteiger partial charge in [0, 0.05) is 24.4 Å². The number of halogens is 1. The van der Waals surface area contributed by atoms with Crippen LogP contribution < -0.4 is 5.32 Å². The third-order valence-corrected chi connectivity index (χ3v) is 4.23. The van der Waals surface area contributed by atoms with E-state index in [9.17, 15) is 9.59 Å². The van der Waals surface area contributed by atoms with Crippen molar-refractivity contribution in [3.05, 3.63) is 45.9 Å². The molecule has 5 nitrogen and oxygen atoms in total. The lowest BCUT2D eigenvalue weighted by molar-refractivity contribution is -0.114. The molecule has 1 N–H and O–H groups in total. The van der Waals surface area contributed by atoms with Gasteiger partial charge in [-0.2, -0.15) is 0 Å². The van der Waals surface area contributed by atoms with E-state index < -0.39 is 0 Å². The standard InChI is InChI=1S/C15H16ClN3O2S/c1-9(11-5-4-6-12(16)7-11)19(3)14(21)13-8-22-15(18-13)17-10(2)20/h4-9H,1-3H3,(H,17,18,20). The second kappa shape index (κ2) is 6.89. The fraction of sp³-hybridized carbons (Fsp3) is 0.267. The Bertz CT molecular complexity index is 702. The molecule has 22 heavy (non-hydrogen) atoms. The van der Waals surface area contributed by atoms with Gasteiger partial charge in [-0.3, -0.25) is 9.59 Å². The molecule has 0 spiro atoms. The lowest BCUT2D eigenvalue weighted by atomic mass is 10.1. The molecule has 2 amide bonds. The number of aromatic nitrogens is 1. The maximum atomic E-state index is 12.5. The number of amides is 2. The quantitative estimate of drug-likeness (QED) is 0.927. The molecule has 116 valence electrons. The number of rotatable bonds is 4. The highest BCUT2D eigenvalue weighted by Crippen LogP contribution is 2.24. The molecule has 0 radical (unpaired) electrons. The van der Waals surface area contributed by atoms with Gasteiger partial charge in [-0.15, -0.1) is 11.3 Å². The van der Waals surface area contributed by atoms with E-state index in [2.05, 4.69) is 10.3 Å². The average molecular weight is 338 g/mol. The number of thiazole rings is 1. The van der Waals surface area contributed by atoms with Crippen LogP contribution in [0.3, 0.4) is 0 Å². The van der Waals surface area contributed by atoms with Crippen molar-refractivity contribution in [3.63, 3.8) is 0 Å². The van der Waals surface area contributed by atoms with Crippen LogP contribution in [0.25, 0.3) is 0 Å². The van der Waals surface area contributed by atoms with Crippen molar-refractivity contribution in [2.45, 2.75) is 19.9 Å². The van der Waals surface area contributed by atoms with Crippen LogP contribution in [-0.2, 0) is 4.79 Å². The number of benzene rings is 1. The Morgan fingerprint density at radius 1 is 1.41 bits per heavy atom. The fourth-order valence-electron chi connectivity index (χ4n) is 1.93. The molecular weight excluding hydrogens is 322 g/mol. The SMILES string of the molecule is CC(=O)Nc1nc(C(=O)N(C)C(C)c2cccc(Cl)c2)cs1. The van der Waals surface area contributed by atoms with E-state index in [1.807, 2.05) is 25.1 Å². The van der Waals surface area contributed by atoms with Gasteiger partial charge >= 0.3 is 0 Å². The molecule has 0 bridgehead atoms. The molecule has 0 aliphatic carbocycles. The van der Waals surface area contributed by atoms with Gasteiger partial charge in [0.1, 0.15) is 5.69 Å². The highest BCUT2D eigenvalue weighted by atomic mass is 35.5. The van der Waals surface area contributed by atoms with Crippen molar-refractivity contribution in [2.75, 3.05) is 12.4 Å². The maximum Gasteiger partial charge on any atom is 0.273 e. The Morgan fingerprint density at radius 2 is 2.14 bits per heavy atom. The van der Waals surface area contributed by atoms with Gasteiger partial charge in [0.25, 0.3) is 5.91 Å². The van der Waals surface area contributed by atoms with Crippen LogP contribution in [0.1, 0.15) is 35.9 Å². The van der Waals surface area contributed by atoms with Gasteiger partial charge in [-0.1, -0.05) is 23.7 Å². The maximum absolute atomic E-state index is 12.5. The van der Waals surface area contributed by atoms with Crippen molar-refractivity contribution in [1.82, 2.24) is 9.88 Å². The zero-order valence-corrected chi connectivity index (χ0v) is 14.0. The van der Waals surface area contributed by atoms with E-state index in [-0.39, 0.29) is 17.9 Å². The summed E-state index contributed by atoms with van der Waals surface area (Å²) in [6, 6.07) is 7.26. The van der Waals surface area contributed by atoms with Gasteiger partial charge in [0.2, 0.25) is 5.91 Å². The average Bonchev–Trinajstić information content (AvgIpc) is 2.92. The zero-order chi connectivity index (χ0) is 16.3. The van der Waals surface area contributed by atoms with E-state index in [1.54, 1.807) is 23.4 Å². The van der Waals surface area contributed by atoms with Crippen molar-refractivity contribution in [2.24, 2.45) is 0 Å². The first-order valence-electron chi connectivity index (χ1n) is 6.64. The smallest absolute Gasteiger partial charge is 0.273 e. The first-order chi connectivity index (χ1) is 10.4. The predicted molar refractivity (Wildman–Crippen MR) is 88.4 cm³/mol. The third kappa shape index (κ3) is 3.84. The van der Waals surface area contributed by atoms with Crippen LogP contribution in [0, 0.1) is 0 Å². The van der Waals surface area contributed by atoms with E-state index in [4.69, 9.17) is 11.6 Å². The fourth-order valence-corrected chi connectivity index (χ4v) is 2.86. The lowest BCUT2D eigenvalue weighted by Crippen LogP contribution is -2.30. The van der Waals surface area contributed by atoms with Gasteiger partial charge in [0.15, 0.2) is 5.13 Å². The van der Waals surface area contributed by atoms with Crippen LogP contribution in [0.2, 0.25) is 5.02 Å². The number of carbonyl (C=O) groups is 2. The molecule has 0 aliphatic heterocycles. The van der Waals surface area contributed by atoms with Gasteiger partial charge in [-0.25, -0.2) is 4.98 Å². The summed E-state index contributed by atoms with van der Waals surface area (Å²) in [5, 5.41) is 5.25. The molecule has 1 unspecified atom stereocenters. The Labute approximate surface area is 137 Å². The number of nitrogens with one attached hydrogen (secondary N) is 1. The summed E-state index contributed by atoms with van der Waals surface area (Å²) in [6.45, 7) is 3.32. The molecular formula is C15H16ClN3O2S. The van der Waals surface area contributed by atoms with Gasteiger partial charge in [0.05, 0.1) is 6.04 Å². The van der Waals surface area contributed by atoms with Crippen molar-refractivity contribution in [1.29, 1.82) is 0 Å². The van der Waals surface area contributed by atoms with Crippen LogP contribution in [0.5, 0.6) is 0 Å².